The number of aromatic nitrogens is 4. The largest absolute Gasteiger partial charge is 0.339 e. The summed E-state index contributed by atoms with van der Waals surface area (Å²) in [5.41, 5.74) is 2.31. The van der Waals surface area contributed by atoms with Gasteiger partial charge in [0.1, 0.15) is 0 Å². The lowest BCUT2D eigenvalue weighted by Crippen LogP contribution is -2.44. The summed E-state index contributed by atoms with van der Waals surface area (Å²) in [6.45, 7) is 2.05. The van der Waals surface area contributed by atoms with Crippen molar-refractivity contribution in [2.24, 2.45) is 5.92 Å². The van der Waals surface area contributed by atoms with Crippen LogP contribution in [0.4, 0.5) is 0 Å². The lowest BCUT2D eigenvalue weighted by atomic mass is 9.62. The Hall–Kier alpha value is -2.21. The molecule has 0 spiro atoms. The summed E-state index contributed by atoms with van der Waals surface area (Å²) in [6, 6.07) is 6.26. The first-order valence-electron chi connectivity index (χ1n) is 7.79. The van der Waals surface area contributed by atoms with Gasteiger partial charge in [-0.15, -0.1) is 0 Å². The maximum Gasteiger partial charge on any atom is 0.234 e. The smallest absolute Gasteiger partial charge is 0.234 e. The van der Waals surface area contributed by atoms with Gasteiger partial charge in [0.05, 0.1) is 17.1 Å². The number of rotatable bonds is 3. The van der Waals surface area contributed by atoms with Gasteiger partial charge in [-0.1, -0.05) is 17.3 Å². The fourth-order valence-corrected chi connectivity index (χ4v) is 3.86. The van der Waals surface area contributed by atoms with Crippen LogP contribution in [0.25, 0.3) is 10.9 Å². The van der Waals surface area contributed by atoms with E-state index in [0.717, 1.165) is 47.7 Å². The molecule has 5 rings (SSSR count). The first kappa shape index (κ1) is 12.3. The Balaban J connectivity index is 1.42. The molecular formula is C16H17N5O. The second-order valence-corrected chi connectivity index (χ2v) is 6.51. The average molecular weight is 295 g/mol. The minimum absolute atomic E-state index is 0.110. The van der Waals surface area contributed by atoms with Crippen molar-refractivity contribution < 1.29 is 4.52 Å². The Morgan fingerprint density at radius 1 is 1.36 bits per heavy atom. The van der Waals surface area contributed by atoms with Crippen LogP contribution in [0.15, 0.2) is 28.9 Å². The van der Waals surface area contributed by atoms with Crippen LogP contribution in [0.3, 0.4) is 0 Å². The van der Waals surface area contributed by atoms with Crippen molar-refractivity contribution >= 4 is 10.9 Å². The Morgan fingerprint density at radius 3 is 3.23 bits per heavy atom. The number of nitrogens with zero attached hydrogens (tertiary/aromatic N) is 3. The molecule has 6 nitrogen and oxygen atoms in total. The second-order valence-electron chi connectivity index (χ2n) is 6.51. The Morgan fingerprint density at radius 2 is 2.36 bits per heavy atom. The topological polar surface area (TPSA) is 79.6 Å². The van der Waals surface area contributed by atoms with Crippen LogP contribution in [-0.4, -0.2) is 33.4 Å². The number of hydrogen-bond acceptors (Lipinski definition) is 5. The van der Waals surface area contributed by atoms with Crippen molar-refractivity contribution in [1.82, 2.24) is 25.7 Å². The van der Waals surface area contributed by atoms with Crippen molar-refractivity contribution in [1.29, 1.82) is 0 Å². The van der Waals surface area contributed by atoms with E-state index in [2.05, 4.69) is 43.9 Å². The molecule has 0 amide bonds. The fourth-order valence-electron chi connectivity index (χ4n) is 3.86. The molecule has 1 aromatic carbocycles. The van der Waals surface area contributed by atoms with Crippen molar-refractivity contribution in [3.05, 3.63) is 41.7 Å². The molecule has 2 fully saturated rings. The van der Waals surface area contributed by atoms with E-state index in [1.807, 2.05) is 6.20 Å². The van der Waals surface area contributed by atoms with E-state index in [1.54, 1.807) is 0 Å². The summed E-state index contributed by atoms with van der Waals surface area (Å²) in [4.78, 5) is 4.69. The molecule has 112 valence electrons. The highest BCUT2D eigenvalue weighted by molar-refractivity contribution is 5.78. The summed E-state index contributed by atoms with van der Waals surface area (Å²) in [5.74, 6) is 2.26. The molecule has 0 radical (unpaired) electrons. The van der Waals surface area contributed by atoms with Gasteiger partial charge in [-0.25, -0.2) is 0 Å². The summed E-state index contributed by atoms with van der Waals surface area (Å²) in [6.07, 6.45) is 4.94. The molecule has 3 heterocycles. The lowest BCUT2D eigenvalue weighted by Gasteiger charge is -2.40. The molecule has 0 unspecified atom stereocenters. The van der Waals surface area contributed by atoms with Gasteiger partial charge in [0.25, 0.3) is 0 Å². The minimum atomic E-state index is 0.110. The minimum Gasteiger partial charge on any atom is -0.339 e. The summed E-state index contributed by atoms with van der Waals surface area (Å²) < 4.78 is 5.60. The molecule has 1 saturated carbocycles. The van der Waals surface area contributed by atoms with Gasteiger partial charge in [0.2, 0.25) is 5.89 Å². The number of hydrogen-bond donors (Lipinski definition) is 2. The zero-order valence-electron chi connectivity index (χ0n) is 12.2. The molecular weight excluding hydrogens is 278 g/mol. The van der Waals surface area contributed by atoms with Gasteiger partial charge in [-0.3, -0.25) is 5.10 Å². The van der Waals surface area contributed by atoms with E-state index in [9.17, 15) is 0 Å². The average Bonchev–Trinajstić information content (AvgIpc) is 3.20. The van der Waals surface area contributed by atoms with Gasteiger partial charge in [0, 0.05) is 18.4 Å². The van der Waals surface area contributed by atoms with Crippen LogP contribution < -0.4 is 5.32 Å². The predicted molar refractivity (Wildman–Crippen MR) is 80.5 cm³/mol. The van der Waals surface area contributed by atoms with Crippen LogP contribution >= 0.6 is 0 Å². The number of H-pyrrole nitrogens is 1. The number of aromatic amines is 1. The molecule has 2 N–H and O–H groups in total. The fraction of sp³-hybridized carbons (Fsp3) is 0.438. The monoisotopic (exact) mass is 295 g/mol. The van der Waals surface area contributed by atoms with Crippen LogP contribution in [0.1, 0.15) is 30.1 Å². The quantitative estimate of drug-likeness (QED) is 0.770. The number of benzene rings is 1. The zero-order chi connectivity index (χ0) is 14.6. The zero-order valence-corrected chi connectivity index (χ0v) is 12.2. The SMILES string of the molecule is c1cc2cn[nH]c2cc1Cc1noc([C@]23CC[C@H]2CNC3)n1. The summed E-state index contributed by atoms with van der Waals surface area (Å²) >= 11 is 0. The van der Waals surface area contributed by atoms with Gasteiger partial charge in [0.15, 0.2) is 5.82 Å². The maximum absolute atomic E-state index is 5.60. The third kappa shape index (κ3) is 1.67. The molecule has 0 bridgehead atoms. The number of fused-ring (bicyclic) bond motifs is 2. The molecule has 1 aliphatic heterocycles. The molecule has 2 aliphatic rings. The highest BCUT2D eigenvalue weighted by Gasteiger charge is 2.54. The standard InChI is InChI=1S/C16H17N5O/c1-2-11-7-18-20-13(11)5-10(1)6-14-19-15(22-21-14)16-4-3-12(16)8-17-9-16/h1-2,5,7,12,17H,3-4,6,8-9H2,(H,18,20)/t12-,16-/m0/s1. The van der Waals surface area contributed by atoms with Crippen molar-refractivity contribution in [3.8, 4) is 0 Å². The van der Waals surface area contributed by atoms with Crippen LogP contribution in [0, 0.1) is 5.92 Å². The third-order valence-corrected chi connectivity index (χ3v) is 5.31. The normalized spacial score (nSPS) is 27.0. The van der Waals surface area contributed by atoms with Gasteiger partial charge >= 0.3 is 0 Å². The molecule has 2 aromatic heterocycles. The van der Waals surface area contributed by atoms with Crippen LogP contribution in [0.2, 0.25) is 0 Å². The van der Waals surface area contributed by atoms with Crippen molar-refractivity contribution in [2.75, 3.05) is 13.1 Å². The lowest BCUT2D eigenvalue weighted by molar-refractivity contribution is 0.131. The van der Waals surface area contributed by atoms with Crippen LogP contribution in [0.5, 0.6) is 0 Å². The summed E-state index contributed by atoms with van der Waals surface area (Å²) in [5, 5.41) is 15.8. The molecule has 2 atom stereocenters. The second kappa shape index (κ2) is 4.39. The summed E-state index contributed by atoms with van der Waals surface area (Å²) in [7, 11) is 0. The Bertz CT molecular complexity index is 838. The van der Waals surface area contributed by atoms with E-state index < -0.39 is 0 Å². The molecule has 6 heteroatoms. The van der Waals surface area contributed by atoms with Crippen molar-refractivity contribution in [3.63, 3.8) is 0 Å². The Kier molecular flexibility index (Phi) is 2.47. The molecule has 3 aromatic rings. The Labute approximate surface area is 127 Å². The predicted octanol–water partition coefficient (Wildman–Crippen LogP) is 1.79. The number of nitrogens with one attached hydrogen (secondary N) is 2. The molecule has 1 aliphatic carbocycles. The van der Waals surface area contributed by atoms with Crippen LogP contribution in [-0.2, 0) is 11.8 Å². The van der Waals surface area contributed by atoms with E-state index in [0.29, 0.717) is 12.3 Å². The van der Waals surface area contributed by atoms with Gasteiger partial charge in [-0.05, 0) is 36.9 Å². The first-order valence-corrected chi connectivity index (χ1v) is 7.79. The van der Waals surface area contributed by atoms with E-state index in [4.69, 9.17) is 4.52 Å². The molecule has 22 heavy (non-hydrogen) atoms. The first-order chi connectivity index (χ1) is 10.8. The van der Waals surface area contributed by atoms with Crippen molar-refractivity contribution in [2.45, 2.75) is 24.7 Å². The maximum atomic E-state index is 5.60. The highest BCUT2D eigenvalue weighted by atomic mass is 16.5. The van der Waals surface area contributed by atoms with E-state index in [-0.39, 0.29) is 5.41 Å². The third-order valence-electron chi connectivity index (χ3n) is 5.31. The highest BCUT2D eigenvalue weighted by Crippen LogP contribution is 2.50. The van der Waals surface area contributed by atoms with E-state index in [1.165, 1.54) is 6.42 Å². The van der Waals surface area contributed by atoms with Gasteiger partial charge < -0.3 is 9.84 Å². The van der Waals surface area contributed by atoms with Gasteiger partial charge in [-0.2, -0.15) is 10.1 Å². The molecule has 1 saturated heterocycles. The van der Waals surface area contributed by atoms with E-state index >= 15 is 0 Å².